The highest BCUT2D eigenvalue weighted by molar-refractivity contribution is 6.00. The number of aliphatic hydroxyl groups is 1. The standard InChI is InChI=1S/C27H36FN3O4/c1-18(31-10-12-34-24-16-21(28)5-6-23(24)35-17-27(31,2)3)13-19-14-20-7-9-30(8-4-11-32)25(20)22(15-19)26(29)33/h5-6,14-16,18,32H,4,7-13,17H2,1-3H3,(H2,29,33)/t18-/m1/s1. The molecule has 35 heavy (non-hydrogen) atoms. The highest BCUT2D eigenvalue weighted by Crippen LogP contribution is 2.35. The minimum atomic E-state index is -0.429. The highest BCUT2D eigenvalue weighted by atomic mass is 19.1. The number of amides is 1. The number of hydrogen-bond acceptors (Lipinski definition) is 6. The number of nitrogens with two attached hydrogens (primary N) is 1. The molecule has 0 aromatic heterocycles. The molecule has 0 saturated heterocycles. The van der Waals surface area contributed by atoms with Gasteiger partial charge in [0.25, 0.3) is 5.91 Å². The number of anilines is 1. The van der Waals surface area contributed by atoms with Crippen LogP contribution in [0.4, 0.5) is 10.1 Å². The van der Waals surface area contributed by atoms with Gasteiger partial charge in [0.15, 0.2) is 11.5 Å². The highest BCUT2D eigenvalue weighted by Gasteiger charge is 2.33. The number of primary amides is 1. The Hall–Kier alpha value is -2.84. The van der Waals surface area contributed by atoms with Gasteiger partial charge in [0.1, 0.15) is 19.0 Å². The van der Waals surface area contributed by atoms with Crippen molar-refractivity contribution in [3.05, 3.63) is 52.8 Å². The summed E-state index contributed by atoms with van der Waals surface area (Å²) in [7, 11) is 0. The smallest absolute Gasteiger partial charge is 0.250 e. The summed E-state index contributed by atoms with van der Waals surface area (Å²) in [6.45, 7) is 9.56. The van der Waals surface area contributed by atoms with Gasteiger partial charge in [-0.15, -0.1) is 0 Å². The molecule has 190 valence electrons. The third-order valence-corrected chi connectivity index (χ3v) is 6.98. The molecule has 0 spiro atoms. The Balaban J connectivity index is 1.54. The van der Waals surface area contributed by atoms with E-state index in [0.29, 0.717) is 49.8 Å². The summed E-state index contributed by atoms with van der Waals surface area (Å²) in [5.74, 6) is 0.185. The molecule has 3 N–H and O–H groups in total. The van der Waals surface area contributed by atoms with Crippen LogP contribution in [0.25, 0.3) is 0 Å². The molecule has 8 heteroatoms. The minimum absolute atomic E-state index is 0.117. The molecule has 4 rings (SSSR count). The summed E-state index contributed by atoms with van der Waals surface area (Å²) in [6.07, 6.45) is 2.24. The maximum atomic E-state index is 13.7. The van der Waals surface area contributed by atoms with Crippen LogP contribution >= 0.6 is 0 Å². The fourth-order valence-electron chi connectivity index (χ4n) is 5.36. The van der Waals surface area contributed by atoms with Gasteiger partial charge in [-0.25, -0.2) is 4.39 Å². The lowest BCUT2D eigenvalue weighted by Crippen LogP contribution is -2.54. The Labute approximate surface area is 206 Å². The quantitative estimate of drug-likeness (QED) is 0.627. The predicted molar refractivity (Wildman–Crippen MR) is 134 cm³/mol. The zero-order valence-electron chi connectivity index (χ0n) is 20.8. The van der Waals surface area contributed by atoms with Crippen molar-refractivity contribution in [3.8, 4) is 11.5 Å². The maximum absolute atomic E-state index is 13.7. The average Bonchev–Trinajstić information content (AvgIpc) is 3.23. The van der Waals surface area contributed by atoms with E-state index in [1.165, 1.54) is 12.1 Å². The number of carbonyl (C=O) groups is 1. The Morgan fingerprint density at radius 3 is 2.74 bits per heavy atom. The molecule has 0 fully saturated rings. The summed E-state index contributed by atoms with van der Waals surface area (Å²) in [6, 6.07) is 8.58. The normalized spacial score (nSPS) is 18.4. The first-order chi connectivity index (χ1) is 16.7. The average molecular weight is 486 g/mol. The largest absolute Gasteiger partial charge is 0.488 e. The molecule has 0 saturated carbocycles. The van der Waals surface area contributed by atoms with Crippen LogP contribution < -0.4 is 20.1 Å². The van der Waals surface area contributed by atoms with Crippen molar-refractivity contribution in [1.82, 2.24) is 4.90 Å². The molecule has 2 aromatic carbocycles. The molecule has 2 aromatic rings. The van der Waals surface area contributed by atoms with Gasteiger partial charge in [0.05, 0.1) is 11.3 Å². The molecule has 0 radical (unpaired) electrons. The van der Waals surface area contributed by atoms with Crippen molar-refractivity contribution < 1.29 is 23.8 Å². The second-order valence-corrected chi connectivity index (χ2v) is 10.1. The summed E-state index contributed by atoms with van der Waals surface area (Å²) < 4.78 is 25.6. The van der Waals surface area contributed by atoms with Crippen LogP contribution in [-0.4, -0.2) is 66.9 Å². The first-order valence-electron chi connectivity index (χ1n) is 12.3. The number of halogens is 1. The Morgan fingerprint density at radius 1 is 1.20 bits per heavy atom. The number of rotatable bonds is 7. The van der Waals surface area contributed by atoms with Crippen molar-refractivity contribution in [2.24, 2.45) is 5.73 Å². The molecule has 1 atom stereocenters. The second kappa shape index (κ2) is 10.4. The van der Waals surface area contributed by atoms with Crippen molar-refractivity contribution >= 4 is 11.6 Å². The summed E-state index contributed by atoms with van der Waals surface area (Å²) in [5.41, 5.74) is 9.15. The van der Waals surface area contributed by atoms with Crippen molar-refractivity contribution in [1.29, 1.82) is 0 Å². The number of hydrogen-bond donors (Lipinski definition) is 2. The molecular weight excluding hydrogens is 449 g/mol. The summed E-state index contributed by atoms with van der Waals surface area (Å²) in [5, 5.41) is 9.22. The molecule has 2 heterocycles. The minimum Gasteiger partial charge on any atom is -0.488 e. The van der Waals surface area contributed by atoms with E-state index in [4.69, 9.17) is 15.2 Å². The molecule has 7 nitrogen and oxygen atoms in total. The molecule has 2 aliphatic heterocycles. The van der Waals surface area contributed by atoms with Gasteiger partial charge >= 0.3 is 0 Å². The zero-order chi connectivity index (χ0) is 25.2. The Morgan fingerprint density at radius 2 is 2.00 bits per heavy atom. The third kappa shape index (κ3) is 5.54. The molecule has 0 aliphatic carbocycles. The fourth-order valence-corrected chi connectivity index (χ4v) is 5.36. The van der Waals surface area contributed by atoms with Crippen LogP contribution in [0, 0.1) is 5.82 Å². The van der Waals surface area contributed by atoms with Crippen LogP contribution in [0.3, 0.4) is 0 Å². The Kier molecular flexibility index (Phi) is 7.52. The first kappa shape index (κ1) is 25.3. The van der Waals surface area contributed by atoms with E-state index in [9.17, 15) is 14.3 Å². The van der Waals surface area contributed by atoms with Gasteiger partial charge in [0, 0.05) is 43.9 Å². The molecule has 0 bridgehead atoms. The van der Waals surface area contributed by atoms with E-state index in [1.807, 2.05) is 6.07 Å². The second-order valence-electron chi connectivity index (χ2n) is 10.1. The summed E-state index contributed by atoms with van der Waals surface area (Å²) in [4.78, 5) is 16.9. The maximum Gasteiger partial charge on any atom is 0.250 e. The topological polar surface area (TPSA) is 88.3 Å². The number of ether oxygens (including phenoxy) is 2. The van der Waals surface area contributed by atoms with Crippen molar-refractivity contribution in [2.45, 2.75) is 51.6 Å². The van der Waals surface area contributed by atoms with Gasteiger partial charge in [-0.1, -0.05) is 6.07 Å². The Bertz CT molecular complexity index is 1070. The fraction of sp³-hybridized carbons (Fsp3) is 0.519. The van der Waals surface area contributed by atoms with Gasteiger partial charge < -0.3 is 25.2 Å². The van der Waals surface area contributed by atoms with E-state index in [-0.39, 0.29) is 24.0 Å². The van der Waals surface area contributed by atoms with Crippen molar-refractivity contribution in [3.63, 3.8) is 0 Å². The number of carbonyl (C=O) groups excluding carboxylic acids is 1. The van der Waals surface area contributed by atoms with E-state index >= 15 is 0 Å². The van der Waals surface area contributed by atoms with Gasteiger partial charge in [-0.3, -0.25) is 9.69 Å². The monoisotopic (exact) mass is 485 g/mol. The number of fused-ring (bicyclic) bond motifs is 2. The predicted octanol–water partition coefficient (Wildman–Crippen LogP) is 3.15. The molecule has 2 aliphatic rings. The SMILES string of the molecule is C[C@H](Cc1cc2c(c(C(N)=O)c1)N(CCCO)CC2)N1CCOc2cc(F)ccc2OCC1(C)C. The number of nitrogens with zero attached hydrogens (tertiary/aromatic N) is 2. The van der Waals surface area contributed by atoms with Gasteiger partial charge in [0.2, 0.25) is 0 Å². The van der Waals surface area contributed by atoms with E-state index in [1.54, 1.807) is 6.07 Å². The zero-order valence-corrected chi connectivity index (χ0v) is 20.8. The number of benzene rings is 2. The molecule has 1 amide bonds. The van der Waals surface area contributed by atoms with Gasteiger partial charge in [-0.05, 0) is 69.4 Å². The van der Waals surface area contributed by atoms with Crippen molar-refractivity contribution in [2.75, 3.05) is 44.4 Å². The van der Waals surface area contributed by atoms with Crippen LogP contribution in [0.1, 0.15) is 48.7 Å². The van der Waals surface area contributed by atoms with E-state index in [2.05, 4.69) is 36.6 Å². The van der Waals surface area contributed by atoms with E-state index in [0.717, 1.165) is 36.2 Å². The number of aliphatic hydroxyl groups excluding tert-OH is 1. The lowest BCUT2D eigenvalue weighted by Gasteiger charge is -2.41. The molecule has 0 unspecified atom stereocenters. The van der Waals surface area contributed by atoms with Gasteiger partial charge in [-0.2, -0.15) is 0 Å². The van der Waals surface area contributed by atoms with Crippen LogP contribution in [-0.2, 0) is 12.8 Å². The summed E-state index contributed by atoms with van der Waals surface area (Å²) >= 11 is 0. The third-order valence-electron chi connectivity index (χ3n) is 6.98. The van der Waals surface area contributed by atoms with Crippen LogP contribution in [0.5, 0.6) is 11.5 Å². The lowest BCUT2D eigenvalue weighted by atomic mass is 9.95. The lowest BCUT2D eigenvalue weighted by molar-refractivity contribution is 0.0332. The first-order valence-corrected chi connectivity index (χ1v) is 12.3. The molecular formula is C27H36FN3O4. The van der Waals surface area contributed by atoms with E-state index < -0.39 is 5.91 Å². The van der Waals surface area contributed by atoms with Crippen LogP contribution in [0.15, 0.2) is 30.3 Å². The van der Waals surface area contributed by atoms with Crippen LogP contribution in [0.2, 0.25) is 0 Å².